The number of carbonyl (C=O) groups is 2. The highest BCUT2D eigenvalue weighted by Gasteiger charge is 2.42. The molecule has 1 aromatic heterocycles. The summed E-state index contributed by atoms with van der Waals surface area (Å²) in [5.41, 5.74) is -0.270. The normalized spacial score (nSPS) is 26.2. The maximum absolute atomic E-state index is 12.4. The Bertz CT molecular complexity index is 541. The molecule has 0 aromatic carbocycles. The largest absolute Gasteiger partial charge is 0.481 e. The van der Waals surface area contributed by atoms with Crippen LogP contribution in [0.25, 0.3) is 0 Å². The lowest BCUT2D eigenvalue weighted by atomic mass is 9.74. The van der Waals surface area contributed by atoms with Crippen molar-refractivity contribution in [1.29, 1.82) is 0 Å². The molecule has 20 heavy (non-hydrogen) atoms. The molecule has 1 saturated carbocycles. The van der Waals surface area contributed by atoms with Crippen molar-refractivity contribution in [2.75, 3.05) is 0 Å². The molecule has 1 fully saturated rings. The molecule has 1 aliphatic carbocycles. The summed E-state index contributed by atoms with van der Waals surface area (Å²) in [5, 5.41) is 13.1. The third kappa shape index (κ3) is 2.85. The predicted molar refractivity (Wildman–Crippen MR) is 77.1 cm³/mol. The average Bonchev–Trinajstić information content (AvgIpc) is 2.68. The van der Waals surface area contributed by atoms with Gasteiger partial charge in [0.2, 0.25) is 0 Å². The lowest BCUT2D eigenvalue weighted by molar-refractivity contribution is -0.145. The van der Waals surface area contributed by atoms with Gasteiger partial charge in [0.25, 0.3) is 5.91 Å². The van der Waals surface area contributed by atoms with Gasteiger partial charge in [-0.15, -0.1) is 11.3 Å². The van der Waals surface area contributed by atoms with Crippen molar-refractivity contribution in [2.24, 2.45) is 5.92 Å². The molecule has 0 saturated heterocycles. The molecule has 110 valence electrons. The number of aliphatic carboxylic acids is 1. The second kappa shape index (κ2) is 5.52. The molecule has 6 heteroatoms. The Balaban J connectivity index is 2.20. The summed E-state index contributed by atoms with van der Waals surface area (Å²) in [6.07, 6.45) is 3.14. The van der Waals surface area contributed by atoms with Gasteiger partial charge in [-0.25, -0.2) is 4.98 Å². The van der Waals surface area contributed by atoms with E-state index in [1.165, 1.54) is 11.3 Å². The van der Waals surface area contributed by atoms with Gasteiger partial charge in [0.05, 0.1) is 16.5 Å². The van der Waals surface area contributed by atoms with Crippen LogP contribution in [0.5, 0.6) is 0 Å². The fraction of sp³-hybridized carbons (Fsp3) is 0.643. The van der Waals surface area contributed by atoms with Crippen LogP contribution in [0.4, 0.5) is 0 Å². The van der Waals surface area contributed by atoms with Gasteiger partial charge in [-0.3, -0.25) is 9.59 Å². The number of amides is 1. The molecule has 2 unspecified atom stereocenters. The van der Waals surface area contributed by atoms with Gasteiger partial charge in [-0.1, -0.05) is 12.8 Å². The zero-order chi connectivity index (χ0) is 14.9. The predicted octanol–water partition coefficient (Wildman–Crippen LogP) is 2.52. The van der Waals surface area contributed by atoms with E-state index in [2.05, 4.69) is 10.3 Å². The zero-order valence-electron chi connectivity index (χ0n) is 12.0. The first-order valence-corrected chi connectivity index (χ1v) is 7.64. The molecule has 0 radical (unpaired) electrons. The van der Waals surface area contributed by atoms with E-state index in [1.54, 1.807) is 0 Å². The smallest absolute Gasteiger partial charge is 0.308 e. The van der Waals surface area contributed by atoms with Crippen molar-refractivity contribution >= 4 is 23.2 Å². The van der Waals surface area contributed by atoms with Crippen LogP contribution in [0.1, 0.15) is 53.0 Å². The molecule has 5 nitrogen and oxygen atoms in total. The molecular weight excluding hydrogens is 276 g/mol. The average molecular weight is 296 g/mol. The molecule has 2 rings (SSSR count). The van der Waals surface area contributed by atoms with E-state index in [0.29, 0.717) is 18.5 Å². The lowest BCUT2D eigenvalue weighted by Crippen LogP contribution is -2.55. The number of hydrogen-bond donors (Lipinski definition) is 2. The van der Waals surface area contributed by atoms with Crippen LogP contribution in [0, 0.1) is 19.8 Å². The molecule has 2 N–H and O–H groups in total. The van der Waals surface area contributed by atoms with E-state index in [4.69, 9.17) is 0 Å². The highest BCUT2D eigenvalue weighted by Crippen LogP contribution is 2.34. The van der Waals surface area contributed by atoms with E-state index in [1.807, 2.05) is 20.8 Å². The summed E-state index contributed by atoms with van der Waals surface area (Å²) < 4.78 is 0. The molecule has 0 bridgehead atoms. The van der Waals surface area contributed by atoms with Crippen LogP contribution in [0.3, 0.4) is 0 Å². The molecule has 0 aliphatic heterocycles. The second-order valence-electron chi connectivity index (χ2n) is 5.65. The van der Waals surface area contributed by atoms with Crippen molar-refractivity contribution < 1.29 is 14.7 Å². The fourth-order valence-electron chi connectivity index (χ4n) is 2.94. The van der Waals surface area contributed by atoms with Crippen molar-refractivity contribution in [2.45, 2.75) is 52.0 Å². The Kier molecular flexibility index (Phi) is 4.13. The van der Waals surface area contributed by atoms with Gasteiger partial charge in [0.15, 0.2) is 0 Å². The van der Waals surface area contributed by atoms with E-state index >= 15 is 0 Å². The molecule has 0 spiro atoms. The van der Waals surface area contributed by atoms with Crippen molar-refractivity contribution in [3.63, 3.8) is 0 Å². The topological polar surface area (TPSA) is 79.3 Å². The number of carbonyl (C=O) groups excluding carboxylic acids is 1. The number of nitrogens with zero attached hydrogens (tertiary/aromatic N) is 1. The van der Waals surface area contributed by atoms with Crippen LogP contribution in [0.15, 0.2) is 0 Å². The van der Waals surface area contributed by atoms with Gasteiger partial charge in [0, 0.05) is 4.88 Å². The summed E-state index contributed by atoms with van der Waals surface area (Å²) in [7, 11) is 0. The monoisotopic (exact) mass is 296 g/mol. The Hall–Kier alpha value is -1.43. The highest BCUT2D eigenvalue weighted by atomic mass is 32.1. The van der Waals surface area contributed by atoms with Crippen LogP contribution in [0.2, 0.25) is 0 Å². The first-order chi connectivity index (χ1) is 9.33. The first kappa shape index (κ1) is 15.0. The molecule has 1 amide bonds. The van der Waals surface area contributed by atoms with Gasteiger partial charge < -0.3 is 10.4 Å². The maximum atomic E-state index is 12.4. The SMILES string of the molecule is Cc1nc(C(=O)NC2(C)CCCCC2C(=O)O)c(C)s1. The van der Waals surface area contributed by atoms with Crippen molar-refractivity contribution in [3.05, 3.63) is 15.6 Å². The second-order valence-corrected chi connectivity index (χ2v) is 7.05. The molecule has 1 heterocycles. The molecular formula is C14H20N2O3S. The standard InChI is InChI=1S/C14H20N2O3S/c1-8-11(15-9(2)20-8)12(17)16-14(3)7-5-4-6-10(14)13(18)19/h10H,4-7H2,1-3H3,(H,16,17)(H,18,19). The maximum Gasteiger partial charge on any atom is 0.308 e. The summed E-state index contributed by atoms with van der Waals surface area (Å²) in [4.78, 5) is 28.9. The van der Waals surface area contributed by atoms with Gasteiger partial charge in [0.1, 0.15) is 5.69 Å². The molecule has 1 aliphatic rings. The minimum absolute atomic E-state index is 0.262. The summed E-state index contributed by atoms with van der Waals surface area (Å²) in [5.74, 6) is -1.62. The van der Waals surface area contributed by atoms with Crippen molar-refractivity contribution in [1.82, 2.24) is 10.3 Å². The summed E-state index contributed by atoms with van der Waals surface area (Å²) in [6.45, 7) is 5.55. The van der Waals surface area contributed by atoms with Crippen LogP contribution >= 0.6 is 11.3 Å². The number of rotatable bonds is 3. The Labute approximate surface area is 122 Å². The summed E-state index contributed by atoms with van der Waals surface area (Å²) >= 11 is 1.48. The fourth-order valence-corrected chi connectivity index (χ4v) is 3.75. The molecule has 2 atom stereocenters. The number of carboxylic acid groups (broad SMARTS) is 1. The number of thiazole rings is 1. The van der Waals surface area contributed by atoms with E-state index in [0.717, 1.165) is 22.7 Å². The van der Waals surface area contributed by atoms with Crippen LogP contribution in [-0.2, 0) is 4.79 Å². The van der Waals surface area contributed by atoms with E-state index in [9.17, 15) is 14.7 Å². The number of carboxylic acids is 1. The Morgan fingerprint density at radius 3 is 2.65 bits per heavy atom. The first-order valence-electron chi connectivity index (χ1n) is 6.83. The van der Waals surface area contributed by atoms with E-state index < -0.39 is 17.4 Å². The van der Waals surface area contributed by atoms with Gasteiger partial charge >= 0.3 is 5.97 Å². The number of hydrogen-bond acceptors (Lipinski definition) is 4. The lowest BCUT2D eigenvalue weighted by Gasteiger charge is -2.39. The minimum Gasteiger partial charge on any atom is -0.481 e. The number of nitrogens with one attached hydrogen (secondary N) is 1. The van der Waals surface area contributed by atoms with E-state index in [-0.39, 0.29) is 5.91 Å². The third-order valence-corrected chi connectivity index (χ3v) is 4.91. The third-order valence-electron chi connectivity index (χ3n) is 4.02. The van der Waals surface area contributed by atoms with Crippen LogP contribution in [-0.4, -0.2) is 27.5 Å². The number of aryl methyl sites for hydroxylation is 2. The zero-order valence-corrected chi connectivity index (χ0v) is 12.8. The Morgan fingerprint density at radius 1 is 1.40 bits per heavy atom. The Morgan fingerprint density at radius 2 is 2.10 bits per heavy atom. The molecule has 1 aromatic rings. The quantitative estimate of drug-likeness (QED) is 0.898. The number of aromatic nitrogens is 1. The van der Waals surface area contributed by atoms with Crippen LogP contribution < -0.4 is 5.32 Å². The summed E-state index contributed by atoms with van der Waals surface area (Å²) in [6, 6.07) is 0. The van der Waals surface area contributed by atoms with Crippen molar-refractivity contribution in [3.8, 4) is 0 Å². The van der Waals surface area contributed by atoms with Gasteiger partial charge in [-0.2, -0.15) is 0 Å². The minimum atomic E-state index is -0.835. The highest BCUT2D eigenvalue weighted by molar-refractivity contribution is 7.11. The van der Waals surface area contributed by atoms with Gasteiger partial charge in [-0.05, 0) is 33.6 Å².